The molecule has 0 aromatic carbocycles. The van der Waals surface area contributed by atoms with Crippen LogP contribution < -0.4 is 26.2 Å². The fraction of sp³-hybridized carbons (Fsp3) is 0.462. The van der Waals surface area contributed by atoms with Crippen LogP contribution in [0.15, 0.2) is 23.3 Å². The van der Waals surface area contributed by atoms with Crippen LogP contribution in [0.1, 0.15) is 5.56 Å². The molecule has 2 aliphatic heterocycles. The third kappa shape index (κ3) is 4.11. The summed E-state index contributed by atoms with van der Waals surface area (Å²) in [5, 5.41) is 5.69. The first-order valence-corrected chi connectivity index (χ1v) is 7.15. The molecule has 1 aromatic rings. The lowest BCUT2D eigenvalue weighted by atomic mass is 10.1. The summed E-state index contributed by atoms with van der Waals surface area (Å²) in [4.78, 5) is 19.9. The summed E-state index contributed by atoms with van der Waals surface area (Å²) >= 11 is 0. The van der Waals surface area contributed by atoms with Crippen LogP contribution in [0.25, 0.3) is 0 Å². The number of hydrazine groups is 1. The fourth-order valence-electron chi connectivity index (χ4n) is 2.27. The maximum Gasteiger partial charge on any atom is 0.422 e. The number of guanidine groups is 1. The number of nitrogens with one attached hydrogen (secondary N) is 4. The minimum Gasteiger partial charge on any atom is -0.468 e. The SMILES string of the molecule is O=C1NC(=NCc2ccc(OCC(F)(F)F)nc2)NC2NNCC12. The highest BCUT2D eigenvalue weighted by Crippen LogP contribution is 2.17. The van der Waals surface area contributed by atoms with Crippen LogP contribution in [0.3, 0.4) is 0 Å². The van der Waals surface area contributed by atoms with Crippen LogP contribution in [-0.2, 0) is 11.3 Å². The van der Waals surface area contributed by atoms with E-state index in [-0.39, 0.29) is 30.4 Å². The standard InChI is InChI=1S/C13H15F3N6O2/c14-13(15,16)6-24-9-2-1-7(3-17-9)4-18-12-20-10-8(5-19-22-10)11(23)21-12/h1-3,8,10,19,22H,4-6H2,(H2,18,20,21,23). The van der Waals surface area contributed by atoms with Gasteiger partial charge < -0.3 is 10.1 Å². The largest absolute Gasteiger partial charge is 0.468 e. The molecule has 2 aliphatic rings. The van der Waals surface area contributed by atoms with Crippen LogP contribution >= 0.6 is 0 Å². The summed E-state index contributed by atoms with van der Waals surface area (Å²) < 4.78 is 40.7. The van der Waals surface area contributed by atoms with Gasteiger partial charge in [0.1, 0.15) is 6.17 Å². The number of pyridine rings is 1. The van der Waals surface area contributed by atoms with Crippen LogP contribution in [0.5, 0.6) is 5.88 Å². The number of halogens is 3. The van der Waals surface area contributed by atoms with Gasteiger partial charge in [-0.3, -0.25) is 15.5 Å². The number of alkyl halides is 3. The Morgan fingerprint density at radius 1 is 1.38 bits per heavy atom. The van der Waals surface area contributed by atoms with Gasteiger partial charge >= 0.3 is 6.18 Å². The van der Waals surface area contributed by atoms with Gasteiger partial charge in [-0.25, -0.2) is 15.4 Å². The summed E-state index contributed by atoms with van der Waals surface area (Å²) in [7, 11) is 0. The van der Waals surface area contributed by atoms with Crippen LogP contribution in [0.4, 0.5) is 13.2 Å². The van der Waals surface area contributed by atoms with E-state index < -0.39 is 12.8 Å². The number of fused-ring (bicyclic) bond motifs is 1. The number of aliphatic imine (C=N–C) groups is 1. The first-order valence-electron chi connectivity index (χ1n) is 7.15. The molecule has 1 amide bonds. The lowest BCUT2D eigenvalue weighted by Crippen LogP contribution is -2.61. The van der Waals surface area contributed by atoms with Gasteiger partial charge in [-0.05, 0) is 5.56 Å². The van der Waals surface area contributed by atoms with Gasteiger partial charge in [0.05, 0.1) is 12.5 Å². The fourth-order valence-corrected chi connectivity index (χ4v) is 2.27. The highest BCUT2D eigenvalue weighted by atomic mass is 19.4. The molecular formula is C13H15F3N6O2. The van der Waals surface area contributed by atoms with Crippen molar-refractivity contribution in [2.24, 2.45) is 10.9 Å². The Balaban J connectivity index is 1.55. The van der Waals surface area contributed by atoms with E-state index in [2.05, 4.69) is 36.2 Å². The second kappa shape index (κ2) is 6.61. The first kappa shape index (κ1) is 16.5. The monoisotopic (exact) mass is 344 g/mol. The normalized spacial score (nSPS) is 25.1. The predicted octanol–water partition coefficient (Wildman–Crippen LogP) is -0.352. The smallest absolute Gasteiger partial charge is 0.422 e. The third-order valence-corrected chi connectivity index (χ3v) is 3.45. The minimum atomic E-state index is -4.40. The van der Waals surface area contributed by atoms with E-state index in [1.54, 1.807) is 6.07 Å². The number of rotatable bonds is 4. The van der Waals surface area contributed by atoms with Crippen LogP contribution in [-0.4, -0.2) is 42.3 Å². The molecule has 8 nitrogen and oxygen atoms in total. The molecule has 0 radical (unpaired) electrons. The highest BCUT2D eigenvalue weighted by Gasteiger charge is 2.37. The Morgan fingerprint density at radius 3 is 2.92 bits per heavy atom. The molecule has 11 heteroatoms. The zero-order valence-electron chi connectivity index (χ0n) is 12.4. The lowest BCUT2D eigenvalue weighted by molar-refractivity contribution is -0.154. The molecule has 2 saturated heterocycles. The summed E-state index contributed by atoms with van der Waals surface area (Å²) in [5.74, 6) is -0.133. The zero-order valence-corrected chi connectivity index (χ0v) is 12.4. The molecule has 3 heterocycles. The van der Waals surface area contributed by atoms with E-state index >= 15 is 0 Å². The maximum atomic E-state index is 12.1. The van der Waals surface area contributed by atoms with Crippen molar-refractivity contribution in [2.45, 2.75) is 18.9 Å². The number of aromatic nitrogens is 1. The van der Waals surface area contributed by atoms with Crippen molar-refractivity contribution in [3.8, 4) is 5.88 Å². The summed E-state index contributed by atoms with van der Waals surface area (Å²) in [6.45, 7) is -0.652. The van der Waals surface area contributed by atoms with Crippen molar-refractivity contribution in [3.63, 3.8) is 0 Å². The van der Waals surface area contributed by atoms with E-state index in [4.69, 9.17) is 0 Å². The van der Waals surface area contributed by atoms with Gasteiger partial charge in [0.2, 0.25) is 11.8 Å². The van der Waals surface area contributed by atoms with E-state index in [0.29, 0.717) is 18.1 Å². The van der Waals surface area contributed by atoms with E-state index in [1.165, 1.54) is 12.3 Å². The van der Waals surface area contributed by atoms with Gasteiger partial charge in [0, 0.05) is 18.8 Å². The topological polar surface area (TPSA) is 99.7 Å². The number of hydrogen-bond donors (Lipinski definition) is 4. The Hall–Kier alpha value is -2.40. The number of ether oxygens (including phenoxy) is 1. The molecule has 0 saturated carbocycles. The van der Waals surface area contributed by atoms with Crippen molar-refractivity contribution < 1.29 is 22.7 Å². The predicted molar refractivity (Wildman–Crippen MR) is 76.6 cm³/mol. The number of carbonyl (C=O) groups is 1. The molecule has 24 heavy (non-hydrogen) atoms. The van der Waals surface area contributed by atoms with Crippen molar-refractivity contribution in [2.75, 3.05) is 13.2 Å². The van der Waals surface area contributed by atoms with Crippen LogP contribution in [0.2, 0.25) is 0 Å². The molecule has 2 unspecified atom stereocenters. The quantitative estimate of drug-likeness (QED) is 0.596. The third-order valence-electron chi connectivity index (χ3n) is 3.45. The van der Waals surface area contributed by atoms with Crippen LogP contribution in [0, 0.1) is 5.92 Å². The van der Waals surface area contributed by atoms with Gasteiger partial charge in [0.15, 0.2) is 12.6 Å². The Bertz CT molecular complexity index is 634. The first-order chi connectivity index (χ1) is 11.4. The number of hydrogen-bond acceptors (Lipinski definition) is 6. The molecule has 4 N–H and O–H groups in total. The second-order valence-electron chi connectivity index (χ2n) is 5.32. The number of amides is 1. The average molecular weight is 344 g/mol. The summed E-state index contributed by atoms with van der Waals surface area (Å²) in [5.41, 5.74) is 6.48. The summed E-state index contributed by atoms with van der Waals surface area (Å²) in [6.07, 6.45) is -3.26. The molecule has 0 aliphatic carbocycles. The van der Waals surface area contributed by atoms with E-state index in [0.717, 1.165) is 0 Å². The molecule has 1 aromatic heterocycles. The van der Waals surface area contributed by atoms with E-state index in [1.807, 2.05) is 0 Å². The lowest BCUT2D eigenvalue weighted by Gasteiger charge is -2.27. The van der Waals surface area contributed by atoms with Crippen molar-refractivity contribution >= 4 is 11.9 Å². The highest BCUT2D eigenvalue weighted by molar-refractivity contribution is 6.01. The molecule has 2 fully saturated rings. The van der Waals surface area contributed by atoms with Crippen molar-refractivity contribution in [1.29, 1.82) is 0 Å². The van der Waals surface area contributed by atoms with Gasteiger partial charge in [-0.1, -0.05) is 6.07 Å². The molecule has 130 valence electrons. The zero-order chi connectivity index (χ0) is 17.2. The number of nitrogens with zero attached hydrogens (tertiary/aromatic N) is 2. The number of carbonyl (C=O) groups excluding carboxylic acids is 1. The molecule has 0 spiro atoms. The molecule has 2 atom stereocenters. The van der Waals surface area contributed by atoms with Gasteiger partial charge in [0.25, 0.3) is 0 Å². The molecule has 0 bridgehead atoms. The maximum absolute atomic E-state index is 12.1. The second-order valence-corrected chi connectivity index (χ2v) is 5.32. The van der Waals surface area contributed by atoms with Gasteiger partial charge in [-0.15, -0.1) is 0 Å². The van der Waals surface area contributed by atoms with E-state index in [9.17, 15) is 18.0 Å². The molecule has 3 rings (SSSR count). The van der Waals surface area contributed by atoms with Crippen molar-refractivity contribution in [1.82, 2.24) is 26.5 Å². The minimum absolute atomic E-state index is 0.114. The van der Waals surface area contributed by atoms with Gasteiger partial charge in [-0.2, -0.15) is 13.2 Å². The van der Waals surface area contributed by atoms with Crippen molar-refractivity contribution in [3.05, 3.63) is 23.9 Å². The molecular weight excluding hydrogens is 329 g/mol. The summed E-state index contributed by atoms with van der Waals surface area (Å²) in [6, 6.07) is 2.90. The Labute approximate surface area is 134 Å². The average Bonchev–Trinajstić information content (AvgIpc) is 3.00. The Kier molecular flexibility index (Phi) is 4.53. The Morgan fingerprint density at radius 2 is 2.21 bits per heavy atom.